The number of rotatable bonds is 6. The highest BCUT2D eigenvalue weighted by Gasteiger charge is 2.15. The fourth-order valence-corrected chi connectivity index (χ4v) is 3.62. The Balaban J connectivity index is 1.70. The van der Waals surface area contributed by atoms with Crippen molar-refractivity contribution < 1.29 is 9.53 Å². The normalized spacial score (nSPS) is 12.0. The van der Waals surface area contributed by atoms with E-state index in [1.165, 1.54) is 16.3 Å². The third-order valence-corrected chi connectivity index (χ3v) is 5.29. The van der Waals surface area contributed by atoms with Crippen LogP contribution >= 0.6 is 11.8 Å². The first-order chi connectivity index (χ1) is 13.0. The highest BCUT2D eigenvalue weighted by atomic mass is 32.2. The van der Waals surface area contributed by atoms with Gasteiger partial charge in [0, 0.05) is 12.6 Å². The summed E-state index contributed by atoms with van der Waals surface area (Å²) in [5.74, 6) is 0.760. The first-order valence-electron chi connectivity index (χ1n) is 8.52. The molecule has 0 saturated heterocycles. The molecule has 0 bridgehead atoms. The van der Waals surface area contributed by atoms with Crippen molar-refractivity contribution in [2.45, 2.75) is 18.1 Å². The predicted molar refractivity (Wildman–Crippen MR) is 107 cm³/mol. The van der Waals surface area contributed by atoms with E-state index >= 15 is 0 Å². The molecule has 1 N–H and O–H groups in total. The van der Waals surface area contributed by atoms with Crippen LogP contribution in [0, 0.1) is 0 Å². The Morgan fingerprint density at radius 2 is 1.93 bits per heavy atom. The van der Waals surface area contributed by atoms with Crippen LogP contribution in [0.25, 0.3) is 10.9 Å². The summed E-state index contributed by atoms with van der Waals surface area (Å²) in [4.78, 5) is 29.3. The van der Waals surface area contributed by atoms with Crippen LogP contribution in [0.1, 0.15) is 18.5 Å². The zero-order valence-corrected chi connectivity index (χ0v) is 16.2. The van der Waals surface area contributed by atoms with E-state index < -0.39 is 0 Å². The Morgan fingerprint density at radius 3 is 2.70 bits per heavy atom. The lowest BCUT2D eigenvalue weighted by atomic mass is 10.1. The number of carbonyl (C=O) groups is 1. The Hall–Kier alpha value is -2.80. The van der Waals surface area contributed by atoms with E-state index in [0.717, 1.165) is 11.3 Å². The SMILES string of the molecule is COc1ccccc1C(C)NC(=O)CSc1nc2ccccc2c(=O)n1C. The maximum absolute atomic E-state index is 12.4. The van der Waals surface area contributed by atoms with Crippen molar-refractivity contribution in [1.29, 1.82) is 0 Å². The summed E-state index contributed by atoms with van der Waals surface area (Å²) < 4.78 is 6.82. The van der Waals surface area contributed by atoms with Gasteiger partial charge < -0.3 is 10.1 Å². The molecule has 0 aliphatic rings. The Bertz CT molecular complexity index is 1030. The van der Waals surface area contributed by atoms with E-state index in [0.29, 0.717) is 16.1 Å². The first kappa shape index (κ1) is 19.0. The van der Waals surface area contributed by atoms with E-state index in [-0.39, 0.29) is 23.3 Å². The molecule has 27 heavy (non-hydrogen) atoms. The molecule has 0 radical (unpaired) electrons. The summed E-state index contributed by atoms with van der Waals surface area (Å²) in [5.41, 5.74) is 1.42. The number of benzene rings is 2. The van der Waals surface area contributed by atoms with E-state index in [1.807, 2.05) is 43.3 Å². The molecule has 1 amide bonds. The number of thioether (sulfide) groups is 1. The van der Waals surface area contributed by atoms with Gasteiger partial charge in [-0.3, -0.25) is 14.2 Å². The minimum absolute atomic E-state index is 0.120. The van der Waals surface area contributed by atoms with Crippen molar-refractivity contribution in [2.24, 2.45) is 7.05 Å². The van der Waals surface area contributed by atoms with Gasteiger partial charge >= 0.3 is 0 Å². The van der Waals surface area contributed by atoms with Crippen molar-refractivity contribution in [1.82, 2.24) is 14.9 Å². The number of methoxy groups -OCH3 is 1. The van der Waals surface area contributed by atoms with Gasteiger partial charge in [-0.25, -0.2) is 4.98 Å². The predicted octanol–water partition coefficient (Wildman–Crippen LogP) is 2.91. The van der Waals surface area contributed by atoms with Gasteiger partial charge in [0.25, 0.3) is 5.56 Å². The van der Waals surface area contributed by atoms with Crippen LogP contribution in [-0.4, -0.2) is 28.3 Å². The van der Waals surface area contributed by atoms with Gasteiger partial charge in [0.15, 0.2) is 5.16 Å². The van der Waals surface area contributed by atoms with E-state index in [4.69, 9.17) is 4.74 Å². The molecule has 0 saturated carbocycles. The monoisotopic (exact) mass is 383 g/mol. The smallest absolute Gasteiger partial charge is 0.261 e. The maximum atomic E-state index is 12.4. The molecule has 2 aromatic carbocycles. The van der Waals surface area contributed by atoms with Crippen molar-refractivity contribution in [3.05, 3.63) is 64.4 Å². The number of nitrogens with one attached hydrogen (secondary N) is 1. The largest absolute Gasteiger partial charge is 0.496 e. The van der Waals surface area contributed by atoms with Crippen LogP contribution in [-0.2, 0) is 11.8 Å². The number of ether oxygens (including phenoxy) is 1. The van der Waals surface area contributed by atoms with Gasteiger partial charge in [-0.05, 0) is 25.1 Å². The molecule has 0 aliphatic carbocycles. The average molecular weight is 383 g/mol. The lowest BCUT2D eigenvalue weighted by Crippen LogP contribution is -2.29. The zero-order chi connectivity index (χ0) is 19.4. The van der Waals surface area contributed by atoms with Gasteiger partial charge in [-0.2, -0.15) is 0 Å². The molecule has 7 heteroatoms. The van der Waals surface area contributed by atoms with Gasteiger partial charge in [0.1, 0.15) is 5.75 Å². The number of carbonyl (C=O) groups excluding carboxylic acids is 1. The van der Waals surface area contributed by atoms with Crippen LogP contribution < -0.4 is 15.6 Å². The van der Waals surface area contributed by atoms with Crippen molar-refractivity contribution >= 4 is 28.6 Å². The van der Waals surface area contributed by atoms with Crippen LogP contribution in [0.15, 0.2) is 58.5 Å². The summed E-state index contributed by atoms with van der Waals surface area (Å²) in [5, 5.41) is 4.04. The van der Waals surface area contributed by atoms with E-state index in [2.05, 4.69) is 10.3 Å². The lowest BCUT2D eigenvalue weighted by molar-refractivity contribution is -0.119. The molecule has 0 aliphatic heterocycles. The molecular weight excluding hydrogens is 362 g/mol. The zero-order valence-electron chi connectivity index (χ0n) is 15.4. The Morgan fingerprint density at radius 1 is 1.22 bits per heavy atom. The maximum Gasteiger partial charge on any atom is 0.261 e. The molecule has 3 rings (SSSR count). The number of hydrogen-bond donors (Lipinski definition) is 1. The van der Waals surface area contributed by atoms with Gasteiger partial charge in [0.2, 0.25) is 5.91 Å². The Kier molecular flexibility index (Phi) is 5.81. The van der Waals surface area contributed by atoms with Crippen LogP contribution in [0.3, 0.4) is 0 Å². The third-order valence-electron chi connectivity index (χ3n) is 4.26. The summed E-state index contributed by atoms with van der Waals surface area (Å²) in [6.45, 7) is 1.91. The van der Waals surface area contributed by atoms with Crippen LogP contribution in [0.2, 0.25) is 0 Å². The average Bonchev–Trinajstić information content (AvgIpc) is 2.69. The number of para-hydroxylation sites is 2. The highest BCUT2D eigenvalue weighted by Crippen LogP contribution is 2.24. The lowest BCUT2D eigenvalue weighted by Gasteiger charge is -2.17. The van der Waals surface area contributed by atoms with Crippen molar-refractivity contribution in [3.63, 3.8) is 0 Å². The molecule has 1 unspecified atom stereocenters. The molecule has 0 fully saturated rings. The van der Waals surface area contributed by atoms with Crippen molar-refractivity contribution in [3.8, 4) is 5.75 Å². The molecular formula is C20H21N3O3S. The second-order valence-electron chi connectivity index (χ2n) is 6.10. The second-order valence-corrected chi connectivity index (χ2v) is 7.04. The molecule has 3 aromatic rings. The summed E-state index contributed by atoms with van der Waals surface area (Å²) in [6, 6.07) is 14.6. The topological polar surface area (TPSA) is 73.2 Å². The molecule has 1 atom stereocenters. The number of amides is 1. The third kappa shape index (κ3) is 4.14. The Labute approximate surface area is 161 Å². The van der Waals surface area contributed by atoms with Gasteiger partial charge in [-0.15, -0.1) is 0 Å². The summed E-state index contributed by atoms with van der Waals surface area (Å²) in [7, 11) is 3.27. The quantitative estimate of drug-likeness (QED) is 0.523. The first-order valence-corrected chi connectivity index (χ1v) is 9.50. The molecule has 6 nitrogen and oxygen atoms in total. The fraction of sp³-hybridized carbons (Fsp3) is 0.250. The van der Waals surface area contributed by atoms with E-state index in [1.54, 1.807) is 26.3 Å². The fourth-order valence-electron chi connectivity index (χ4n) is 2.84. The van der Waals surface area contributed by atoms with Crippen molar-refractivity contribution in [2.75, 3.05) is 12.9 Å². The van der Waals surface area contributed by atoms with Gasteiger partial charge in [-0.1, -0.05) is 42.1 Å². The van der Waals surface area contributed by atoms with Crippen LogP contribution in [0.4, 0.5) is 0 Å². The number of hydrogen-bond acceptors (Lipinski definition) is 5. The van der Waals surface area contributed by atoms with E-state index in [9.17, 15) is 9.59 Å². The number of aromatic nitrogens is 2. The molecule has 1 heterocycles. The number of fused-ring (bicyclic) bond motifs is 1. The molecule has 140 valence electrons. The standard InChI is InChI=1S/C20H21N3O3S/c1-13(14-8-5-7-11-17(14)26-3)21-18(24)12-27-20-22-16-10-6-4-9-15(16)19(25)23(20)2/h4-11,13H,12H2,1-3H3,(H,21,24). The molecule has 1 aromatic heterocycles. The second kappa shape index (κ2) is 8.26. The number of nitrogens with zero attached hydrogens (tertiary/aromatic N) is 2. The highest BCUT2D eigenvalue weighted by molar-refractivity contribution is 7.99. The minimum atomic E-state index is -0.192. The molecule has 0 spiro atoms. The minimum Gasteiger partial charge on any atom is -0.496 e. The van der Waals surface area contributed by atoms with Crippen LogP contribution in [0.5, 0.6) is 5.75 Å². The summed E-state index contributed by atoms with van der Waals surface area (Å²) in [6.07, 6.45) is 0. The summed E-state index contributed by atoms with van der Waals surface area (Å²) >= 11 is 1.24. The van der Waals surface area contributed by atoms with Gasteiger partial charge in [0.05, 0.1) is 29.8 Å².